The van der Waals surface area contributed by atoms with Gasteiger partial charge in [0.05, 0.1) is 5.02 Å². The first-order valence-corrected chi connectivity index (χ1v) is 7.01. The minimum atomic E-state index is -0.406. The van der Waals surface area contributed by atoms with Crippen LogP contribution in [-0.4, -0.2) is 36.1 Å². The minimum absolute atomic E-state index is 0.206. The standard InChI is InChI=1S/C14H14ClFN4O/c15-11-7-10(16)1-2-12(11)21-14-8-13(18-9-19-14)20-5-3-17-4-6-20/h1-2,7-9,17H,3-6H2. The monoisotopic (exact) mass is 308 g/mol. The maximum Gasteiger partial charge on any atom is 0.224 e. The van der Waals surface area contributed by atoms with E-state index in [1.54, 1.807) is 6.07 Å². The molecule has 1 saturated heterocycles. The van der Waals surface area contributed by atoms with Gasteiger partial charge in [0.2, 0.25) is 5.88 Å². The molecule has 1 aromatic heterocycles. The van der Waals surface area contributed by atoms with Gasteiger partial charge >= 0.3 is 0 Å². The summed E-state index contributed by atoms with van der Waals surface area (Å²) >= 11 is 5.94. The number of aromatic nitrogens is 2. The maximum absolute atomic E-state index is 13.0. The number of rotatable bonds is 3. The topological polar surface area (TPSA) is 50.3 Å². The van der Waals surface area contributed by atoms with Crippen LogP contribution in [0.25, 0.3) is 0 Å². The molecule has 21 heavy (non-hydrogen) atoms. The van der Waals surface area contributed by atoms with Crippen molar-refractivity contribution in [3.05, 3.63) is 41.4 Å². The Balaban J connectivity index is 1.79. The third-order valence-electron chi connectivity index (χ3n) is 3.18. The Morgan fingerprint density at radius 3 is 2.76 bits per heavy atom. The summed E-state index contributed by atoms with van der Waals surface area (Å²) in [4.78, 5) is 10.5. The van der Waals surface area contributed by atoms with Crippen molar-refractivity contribution >= 4 is 17.4 Å². The van der Waals surface area contributed by atoms with Crippen molar-refractivity contribution in [1.29, 1.82) is 0 Å². The number of anilines is 1. The molecule has 1 aliphatic heterocycles. The van der Waals surface area contributed by atoms with Crippen LogP contribution in [0.5, 0.6) is 11.6 Å². The highest BCUT2D eigenvalue weighted by Crippen LogP contribution is 2.29. The predicted octanol–water partition coefficient (Wildman–Crippen LogP) is 2.47. The fourth-order valence-electron chi connectivity index (χ4n) is 2.12. The Labute approximate surface area is 126 Å². The summed E-state index contributed by atoms with van der Waals surface area (Å²) in [5.41, 5.74) is 0. The van der Waals surface area contributed by atoms with Crippen molar-refractivity contribution < 1.29 is 9.13 Å². The molecule has 0 unspecified atom stereocenters. The lowest BCUT2D eigenvalue weighted by molar-refractivity contribution is 0.459. The third kappa shape index (κ3) is 3.40. The highest BCUT2D eigenvalue weighted by atomic mass is 35.5. The number of nitrogens with one attached hydrogen (secondary N) is 1. The second-order valence-electron chi connectivity index (χ2n) is 4.63. The van der Waals surface area contributed by atoms with E-state index >= 15 is 0 Å². The number of hydrogen-bond acceptors (Lipinski definition) is 5. The molecule has 1 N–H and O–H groups in total. The van der Waals surface area contributed by atoms with Gasteiger partial charge in [-0.15, -0.1) is 0 Å². The van der Waals surface area contributed by atoms with Crippen LogP contribution in [0.4, 0.5) is 10.2 Å². The van der Waals surface area contributed by atoms with Gasteiger partial charge in [-0.1, -0.05) is 11.6 Å². The quantitative estimate of drug-likeness (QED) is 0.944. The molecule has 0 saturated carbocycles. The molecular weight excluding hydrogens is 295 g/mol. The van der Waals surface area contributed by atoms with Gasteiger partial charge in [0.15, 0.2) is 0 Å². The molecule has 110 valence electrons. The van der Waals surface area contributed by atoms with E-state index in [-0.39, 0.29) is 5.02 Å². The first-order valence-electron chi connectivity index (χ1n) is 6.63. The van der Waals surface area contributed by atoms with Gasteiger partial charge in [0, 0.05) is 32.2 Å². The number of hydrogen-bond donors (Lipinski definition) is 1. The van der Waals surface area contributed by atoms with Crippen LogP contribution in [0.15, 0.2) is 30.6 Å². The molecule has 2 heterocycles. The first kappa shape index (κ1) is 14.0. The predicted molar refractivity (Wildman–Crippen MR) is 78.6 cm³/mol. The van der Waals surface area contributed by atoms with Crippen LogP contribution in [0, 0.1) is 5.82 Å². The van der Waals surface area contributed by atoms with E-state index in [4.69, 9.17) is 16.3 Å². The van der Waals surface area contributed by atoms with Gasteiger partial charge in [0.25, 0.3) is 0 Å². The summed E-state index contributed by atoms with van der Waals surface area (Å²) in [6.45, 7) is 3.61. The Morgan fingerprint density at radius 2 is 2.00 bits per heavy atom. The SMILES string of the molecule is Fc1ccc(Oc2cc(N3CCNCC3)ncn2)c(Cl)c1. The Kier molecular flexibility index (Phi) is 4.17. The zero-order valence-corrected chi connectivity index (χ0v) is 12.0. The van der Waals surface area contributed by atoms with Gasteiger partial charge in [-0.2, -0.15) is 0 Å². The molecule has 7 heteroatoms. The number of nitrogens with zero attached hydrogens (tertiary/aromatic N) is 3. The van der Waals surface area contributed by atoms with Gasteiger partial charge in [0.1, 0.15) is 23.7 Å². The number of piperazine rings is 1. The van der Waals surface area contributed by atoms with Gasteiger partial charge in [-0.3, -0.25) is 0 Å². The van der Waals surface area contributed by atoms with E-state index in [0.717, 1.165) is 32.0 Å². The van der Waals surface area contributed by atoms with Crippen LogP contribution in [0.3, 0.4) is 0 Å². The molecule has 0 amide bonds. The van der Waals surface area contributed by atoms with Crippen molar-refractivity contribution in [3.8, 4) is 11.6 Å². The van der Waals surface area contributed by atoms with Gasteiger partial charge < -0.3 is 15.0 Å². The highest BCUT2D eigenvalue weighted by molar-refractivity contribution is 6.32. The van der Waals surface area contributed by atoms with Crippen molar-refractivity contribution in [2.45, 2.75) is 0 Å². The third-order valence-corrected chi connectivity index (χ3v) is 3.47. The van der Waals surface area contributed by atoms with Crippen LogP contribution in [0.1, 0.15) is 0 Å². The second kappa shape index (κ2) is 6.24. The van der Waals surface area contributed by atoms with Crippen LogP contribution in [0.2, 0.25) is 5.02 Å². The van der Waals surface area contributed by atoms with E-state index in [1.165, 1.54) is 24.5 Å². The Morgan fingerprint density at radius 1 is 1.19 bits per heavy atom. The molecule has 1 aliphatic rings. The molecule has 0 radical (unpaired) electrons. The second-order valence-corrected chi connectivity index (χ2v) is 5.04. The fourth-order valence-corrected chi connectivity index (χ4v) is 2.33. The molecule has 1 aromatic carbocycles. The zero-order valence-electron chi connectivity index (χ0n) is 11.2. The molecule has 0 atom stereocenters. The van der Waals surface area contributed by atoms with E-state index in [2.05, 4.69) is 20.2 Å². The molecule has 5 nitrogen and oxygen atoms in total. The van der Waals surface area contributed by atoms with Gasteiger partial charge in [-0.05, 0) is 18.2 Å². The lowest BCUT2D eigenvalue weighted by atomic mass is 10.3. The normalized spacial score (nSPS) is 15.0. The largest absolute Gasteiger partial charge is 0.437 e. The number of halogens is 2. The summed E-state index contributed by atoms with van der Waals surface area (Å²) in [6, 6.07) is 5.73. The number of ether oxygens (including phenoxy) is 1. The molecule has 3 rings (SSSR count). The van der Waals surface area contributed by atoms with Crippen LogP contribution >= 0.6 is 11.6 Å². The summed E-state index contributed by atoms with van der Waals surface area (Å²) in [5.74, 6) is 1.14. The smallest absolute Gasteiger partial charge is 0.224 e. The summed E-state index contributed by atoms with van der Waals surface area (Å²) in [7, 11) is 0. The molecule has 1 fully saturated rings. The average molecular weight is 309 g/mol. The molecule has 0 bridgehead atoms. The van der Waals surface area contributed by atoms with Crippen molar-refractivity contribution in [2.75, 3.05) is 31.1 Å². The zero-order chi connectivity index (χ0) is 14.7. The van der Waals surface area contributed by atoms with E-state index in [9.17, 15) is 4.39 Å². The van der Waals surface area contributed by atoms with Crippen molar-refractivity contribution in [1.82, 2.24) is 15.3 Å². The fraction of sp³-hybridized carbons (Fsp3) is 0.286. The minimum Gasteiger partial charge on any atom is -0.437 e. The van der Waals surface area contributed by atoms with Gasteiger partial charge in [-0.25, -0.2) is 14.4 Å². The summed E-state index contributed by atoms with van der Waals surface area (Å²) in [6.07, 6.45) is 1.45. The lowest BCUT2D eigenvalue weighted by Crippen LogP contribution is -2.43. The molecule has 2 aromatic rings. The molecule has 0 spiro atoms. The van der Waals surface area contributed by atoms with Crippen LogP contribution < -0.4 is 15.0 Å². The summed E-state index contributed by atoms with van der Waals surface area (Å²) in [5, 5.41) is 3.49. The van der Waals surface area contributed by atoms with Crippen LogP contribution in [-0.2, 0) is 0 Å². The Bertz CT molecular complexity index is 634. The highest BCUT2D eigenvalue weighted by Gasteiger charge is 2.13. The Hall–Kier alpha value is -1.92. The first-order chi connectivity index (χ1) is 10.2. The van der Waals surface area contributed by atoms with E-state index < -0.39 is 5.82 Å². The van der Waals surface area contributed by atoms with Crippen molar-refractivity contribution in [2.24, 2.45) is 0 Å². The van der Waals surface area contributed by atoms with E-state index in [0.29, 0.717) is 11.6 Å². The molecular formula is C14H14ClFN4O. The lowest BCUT2D eigenvalue weighted by Gasteiger charge is -2.28. The van der Waals surface area contributed by atoms with Crippen molar-refractivity contribution in [3.63, 3.8) is 0 Å². The average Bonchev–Trinajstić information content (AvgIpc) is 2.51. The summed E-state index contributed by atoms with van der Waals surface area (Å²) < 4.78 is 18.6. The van der Waals surface area contributed by atoms with E-state index in [1.807, 2.05) is 0 Å². The maximum atomic E-state index is 13.0. The molecule has 0 aliphatic carbocycles. The number of benzene rings is 1.